The zero-order valence-electron chi connectivity index (χ0n) is 11.8. The molecule has 0 spiro atoms. The molecule has 0 aliphatic carbocycles. The van der Waals surface area contributed by atoms with E-state index in [9.17, 15) is 10.1 Å². The molecule has 1 heterocycles. The van der Waals surface area contributed by atoms with Gasteiger partial charge in [-0.2, -0.15) is 4.98 Å². The van der Waals surface area contributed by atoms with Gasteiger partial charge in [-0.05, 0) is 19.3 Å². The van der Waals surface area contributed by atoms with Crippen molar-refractivity contribution in [1.82, 2.24) is 9.97 Å². The van der Waals surface area contributed by atoms with Gasteiger partial charge in [0.05, 0.1) is 4.92 Å². The van der Waals surface area contributed by atoms with Gasteiger partial charge in [0, 0.05) is 12.6 Å². The molecule has 0 saturated heterocycles. The molecule has 1 atom stereocenters. The van der Waals surface area contributed by atoms with E-state index in [2.05, 4.69) is 20.6 Å². The summed E-state index contributed by atoms with van der Waals surface area (Å²) in [4.78, 5) is 18.6. The smallest absolute Gasteiger partial charge is 0.329 e. The minimum absolute atomic E-state index is 0.0904. The molecule has 1 aromatic rings. The Hall–Kier alpha value is -1.92. The van der Waals surface area contributed by atoms with E-state index in [-0.39, 0.29) is 17.5 Å². The second-order valence-electron chi connectivity index (χ2n) is 4.79. The van der Waals surface area contributed by atoms with Crippen LogP contribution in [-0.2, 0) is 0 Å². The average molecular weight is 267 g/mol. The van der Waals surface area contributed by atoms with Crippen molar-refractivity contribution in [2.24, 2.45) is 5.92 Å². The Balaban J connectivity index is 2.98. The Kier molecular flexibility index (Phi) is 5.47. The first-order chi connectivity index (χ1) is 8.95. The Labute approximate surface area is 113 Å². The highest BCUT2D eigenvalue weighted by Crippen LogP contribution is 2.23. The highest BCUT2D eigenvalue weighted by atomic mass is 16.6. The molecule has 7 heteroatoms. The first-order valence-corrected chi connectivity index (χ1v) is 6.47. The van der Waals surface area contributed by atoms with E-state index in [0.717, 1.165) is 13.0 Å². The van der Waals surface area contributed by atoms with Crippen LogP contribution in [0.2, 0.25) is 0 Å². The molecule has 0 aliphatic heterocycles. The van der Waals surface area contributed by atoms with Crippen LogP contribution in [0.1, 0.15) is 34.1 Å². The topological polar surface area (TPSA) is 93.0 Å². The van der Waals surface area contributed by atoms with Crippen molar-refractivity contribution in [3.63, 3.8) is 0 Å². The molecule has 0 aliphatic rings. The fraction of sp³-hybridized carbons (Fsp3) is 0.667. The molecule has 19 heavy (non-hydrogen) atoms. The number of nitrogens with one attached hydrogen (secondary N) is 2. The highest BCUT2D eigenvalue weighted by Gasteiger charge is 2.19. The van der Waals surface area contributed by atoms with E-state index in [0.29, 0.717) is 11.9 Å². The summed E-state index contributed by atoms with van der Waals surface area (Å²) < 4.78 is 0. The van der Waals surface area contributed by atoms with Crippen LogP contribution in [0.4, 0.5) is 17.5 Å². The minimum atomic E-state index is -0.473. The molecule has 0 bridgehead atoms. The molecule has 1 unspecified atom stereocenters. The molecule has 0 fully saturated rings. The van der Waals surface area contributed by atoms with Crippen LogP contribution in [0.5, 0.6) is 0 Å². The number of rotatable bonds is 7. The molecular weight excluding hydrogens is 246 g/mol. The second kappa shape index (κ2) is 6.86. The number of hydrogen-bond donors (Lipinski definition) is 2. The lowest BCUT2D eigenvalue weighted by atomic mass is 10.1. The maximum Gasteiger partial charge on any atom is 0.329 e. The normalized spacial score (nSPS) is 12.3. The van der Waals surface area contributed by atoms with E-state index < -0.39 is 4.92 Å². The van der Waals surface area contributed by atoms with E-state index in [1.54, 1.807) is 0 Å². The average Bonchev–Trinajstić information content (AvgIpc) is 2.36. The third-order valence-electron chi connectivity index (χ3n) is 2.86. The summed E-state index contributed by atoms with van der Waals surface area (Å²) in [6, 6.07) is 0.0904. The Bertz CT molecular complexity index is 436. The summed E-state index contributed by atoms with van der Waals surface area (Å²) in [5, 5.41) is 17.1. The van der Waals surface area contributed by atoms with Gasteiger partial charge >= 0.3 is 5.69 Å². The SMILES string of the molecule is CCCNc1ncc([N+](=O)[O-])c(NC(C)C(C)C)n1. The summed E-state index contributed by atoms with van der Waals surface area (Å²) in [6.45, 7) is 8.81. The van der Waals surface area contributed by atoms with Crippen LogP contribution in [0, 0.1) is 16.0 Å². The lowest BCUT2D eigenvalue weighted by Gasteiger charge is -2.18. The second-order valence-corrected chi connectivity index (χ2v) is 4.79. The van der Waals surface area contributed by atoms with Gasteiger partial charge in [0.25, 0.3) is 0 Å². The van der Waals surface area contributed by atoms with Gasteiger partial charge < -0.3 is 10.6 Å². The first kappa shape index (κ1) is 15.1. The van der Waals surface area contributed by atoms with E-state index in [1.165, 1.54) is 6.20 Å². The van der Waals surface area contributed by atoms with Crippen molar-refractivity contribution in [3.05, 3.63) is 16.3 Å². The van der Waals surface area contributed by atoms with E-state index in [1.807, 2.05) is 27.7 Å². The fourth-order valence-corrected chi connectivity index (χ4v) is 1.32. The lowest BCUT2D eigenvalue weighted by Crippen LogP contribution is -2.23. The first-order valence-electron chi connectivity index (χ1n) is 6.47. The van der Waals surface area contributed by atoms with E-state index in [4.69, 9.17) is 0 Å². The molecule has 0 aromatic carbocycles. The maximum atomic E-state index is 11.0. The number of anilines is 2. The van der Waals surface area contributed by atoms with Crippen LogP contribution in [-0.4, -0.2) is 27.5 Å². The Morgan fingerprint density at radius 2 is 2.11 bits per heavy atom. The fourth-order valence-electron chi connectivity index (χ4n) is 1.32. The molecule has 0 amide bonds. The summed E-state index contributed by atoms with van der Waals surface area (Å²) in [5.41, 5.74) is -0.102. The lowest BCUT2D eigenvalue weighted by molar-refractivity contribution is -0.384. The monoisotopic (exact) mass is 267 g/mol. The number of nitrogens with zero attached hydrogens (tertiary/aromatic N) is 3. The molecule has 2 N–H and O–H groups in total. The van der Waals surface area contributed by atoms with Crippen LogP contribution < -0.4 is 10.6 Å². The van der Waals surface area contributed by atoms with Gasteiger partial charge in [-0.3, -0.25) is 10.1 Å². The number of hydrogen-bond acceptors (Lipinski definition) is 6. The molecule has 106 valence electrons. The number of aromatic nitrogens is 2. The van der Waals surface area contributed by atoms with Crippen LogP contribution >= 0.6 is 0 Å². The molecular formula is C12H21N5O2. The third kappa shape index (κ3) is 4.35. The predicted octanol–water partition coefficient (Wildman–Crippen LogP) is 2.66. The van der Waals surface area contributed by atoms with Gasteiger partial charge in [0.1, 0.15) is 6.20 Å². The summed E-state index contributed by atoms with van der Waals surface area (Å²) in [7, 11) is 0. The van der Waals surface area contributed by atoms with Crippen molar-refractivity contribution < 1.29 is 4.92 Å². The van der Waals surface area contributed by atoms with E-state index >= 15 is 0 Å². The molecule has 1 aromatic heterocycles. The van der Waals surface area contributed by atoms with Crippen LogP contribution in [0.25, 0.3) is 0 Å². The maximum absolute atomic E-state index is 11.0. The van der Waals surface area contributed by atoms with Crippen molar-refractivity contribution >= 4 is 17.5 Å². The van der Waals surface area contributed by atoms with Gasteiger partial charge in [0.2, 0.25) is 11.8 Å². The van der Waals surface area contributed by atoms with Gasteiger partial charge in [-0.25, -0.2) is 4.98 Å². The summed E-state index contributed by atoms with van der Waals surface area (Å²) >= 11 is 0. The summed E-state index contributed by atoms with van der Waals surface area (Å²) in [5.74, 6) is 1.02. The van der Waals surface area contributed by atoms with Gasteiger partial charge in [0.15, 0.2) is 0 Å². The molecule has 0 saturated carbocycles. The Morgan fingerprint density at radius 3 is 2.63 bits per heavy atom. The molecule has 1 rings (SSSR count). The Morgan fingerprint density at radius 1 is 1.42 bits per heavy atom. The predicted molar refractivity (Wildman–Crippen MR) is 75.4 cm³/mol. The molecule has 0 radical (unpaired) electrons. The number of nitro groups is 1. The van der Waals surface area contributed by atoms with Crippen molar-refractivity contribution in [1.29, 1.82) is 0 Å². The highest BCUT2D eigenvalue weighted by molar-refractivity contribution is 5.57. The zero-order valence-corrected chi connectivity index (χ0v) is 11.8. The van der Waals surface area contributed by atoms with Crippen molar-refractivity contribution in [2.75, 3.05) is 17.2 Å². The van der Waals surface area contributed by atoms with Gasteiger partial charge in [-0.15, -0.1) is 0 Å². The largest absolute Gasteiger partial charge is 0.361 e. The standard InChI is InChI=1S/C12H21N5O2/c1-5-6-13-12-14-7-10(17(18)19)11(16-12)15-9(4)8(2)3/h7-9H,5-6H2,1-4H3,(H2,13,14,15,16). The van der Waals surface area contributed by atoms with Crippen molar-refractivity contribution in [3.8, 4) is 0 Å². The van der Waals surface area contributed by atoms with Crippen molar-refractivity contribution in [2.45, 2.75) is 40.2 Å². The van der Waals surface area contributed by atoms with Crippen LogP contribution in [0.15, 0.2) is 6.20 Å². The molecule has 7 nitrogen and oxygen atoms in total. The zero-order chi connectivity index (χ0) is 14.4. The third-order valence-corrected chi connectivity index (χ3v) is 2.86. The summed E-state index contributed by atoms with van der Waals surface area (Å²) in [6.07, 6.45) is 2.17. The van der Waals surface area contributed by atoms with Crippen LogP contribution in [0.3, 0.4) is 0 Å². The minimum Gasteiger partial charge on any atom is -0.361 e. The quantitative estimate of drug-likeness (QED) is 0.582. The van der Waals surface area contributed by atoms with Gasteiger partial charge in [-0.1, -0.05) is 20.8 Å².